The van der Waals surface area contributed by atoms with Crippen LogP contribution in [0.4, 0.5) is 0 Å². The van der Waals surface area contributed by atoms with E-state index >= 15 is 0 Å². The molecule has 1 unspecified atom stereocenters. The lowest BCUT2D eigenvalue weighted by molar-refractivity contribution is 0.385. The normalized spacial score (nSPS) is 13.5. The average molecular weight is 283 g/mol. The molecule has 0 spiro atoms. The fourth-order valence-corrected chi connectivity index (χ4v) is 1.80. The van der Waals surface area contributed by atoms with Gasteiger partial charge in [-0.15, -0.1) is 0 Å². The van der Waals surface area contributed by atoms with Crippen molar-refractivity contribution in [2.24, 2.45) is 16.8 Å². The zero-order chi connectivity index (χ0) is 14.4. The molecular weight excluding hydrogens is 260 g/mol. The third kappa shape index (κ3) is 4.73. The van der Waals surface area contributed by atoms with E-state index in [-0.39, 0.29) is 6.04 Å². The maximum absolute atomic E-state index is 5.90. The summed E-state index contributed by atoms with van der Waals surface area (Å²) in [6.07, 6.45) is 0. The third-order valence-corrected chi connectivity index (χ3v) is 3.25. The molecule has 0 aromatic heterocycles. The fourth-order valence-electron chi connectivity index (χ4n) is 1.68. The van der Waals surface area contributed by atoms with Gasteiger partial charge in [0.1, 0.15) is 0 Å². The molecular formula is C14H23ClN4. The van der Waals surface area contributed by atoms with Crippen molar-refractivity contribution in [2.75, 3.05) is 13.6 Å². The van der Waals surface area contributed by atoms with E-state index in [0.29, 0.717) is 11.9 Å². The largest absolute Gasteiger partial charge is 0.338 e. The number of hydrazine groups is 1. The Kier molecular flexibility index (Phi) is 6.12. The van der Waals surface area contributed by atoms with Gasteiger partial charge >= 0.3 is 0 Å². The van der Waals surface area contributed by atoms with Crippen LogP contribution in [-0.4, -0.2) is 24.5 Å². The van der Waals surface area contributed by atoms with E-state index in [1.165, 1.54) is 5.56 Å². The van der Waals surface area contributed by atoms with Gasteiger partial charge in [-0.2, -0.15) is 0 Å². The van der Waals surface area contributed by atoms with Crippen molar-refractivity contribution >= 4 is 17.6 Å². The summed E-state index contributed by atoms with van der Waals surface area (Å²) >= 11 is 5.90. The zero-order valence-corrected chi connectivity index (χ0v) is 12.8. The van der Waals surface area contributed by atoms with Crippen LogP contribution in [0.5, 0.6) is 0 Å². The number of nitrogens with zero attached hydrogens (tertiary/aromatic N) is 2. The monoisotopic (exact) mass is 282 g/mol. The van der Waals surface area contributed by atoms with Crippen molar-refractivity contribution in [1.29, 1.82) is 0 Å². The molecule has 0 saturated carbocycles. The van der Waals surface area contributed by atoms with Gasteiger partial charge in [-0.3, -0.25) is 10.4 Å². The van der Waals surface area contributed by atoms with Crippen LogP contribution in [0.2, 0.25) is 5.02 Å². The summed E-state index contributed by atoms with van der Waals surface area (Å²) < 4.78 is 0. The summed E-state index contributed by atoms with van der Waals surface area (Å²) in [4.78, 5) is 6.51. The predicted octanol–water partition coefficient (Wildman–Crippen LogP) is 2.81. The highest BCUT2D eigenvalue weighted by Crippen LogP contribution is 2.20. The molecule has 0 fully saturated rings. The molecule has 4 nitrogen and oxygen atoms in total. The van der Waals surface area contributed by atoms with Crippen molar-refractivity contribution in [2.45, 2.75) is 26.8 Å². The van der Waals surface area contributed by atoms with Gasteiger partial charge in [-0.05, 0) is 30.5 Å². The molecule has 3 N–H and O–H groups in total. The number of nitrogens with one attached hydrogen (secondary N) is 1. The van der Waals surface area contributed by atoms with Gasteiger partial charge in [-0.1, -0.05) is 37.6 Å². The van der Waals surface area contributed by atoms with Crippen LogP contribution in [0.25, 0.3) is 0 Å². The predicted molar refractivity (Wildman–Crippen MR) is 82.1 cm³/mol. The van der Waals surface area contributed by atoms with Crippen LogP contribution in [0.15, 0.2) is 29.3 Å². The lowest BCUT2D eigenvalue weighted by Crippen LogP contribution is -2.44. The maximum Gasteiger partial charge on any atom is 0.208 e. The highest BCUT2D eigenvalue weighted by atomic mass is 35.5. The average Bonchev–Trinajstić information content (AvgIpc) is 2.39. The summed E-state index contributed by atoms with van der Waals surface area (Å²) in [5, 5.41) is 0.740. The van der Waals surface area contributed by atoms with Crippen molar-refractivity contribution in [3.05, 3.63) is 34.9 Å². The minimum atomic E-state index is 0.166. The summed E-state index contributed by atoms with van der Waals surface area (Å²) in [7, 11) is 1.97. The molecule has 0 aliphatic carbocycles. The van der Waals surface area contributed by atoms with E-state index in [1.54, 1.807) is 0 Å². The molecule has 0 heterocycles. The SMILES string of the molecule is CC(C)CN=C(NN)N(C)C(C)c1ccc(Cl)cc1. The van der Waals surface area contributed by atoms with E-state index in [4.69, 9.17) is 17.4 Å². The van der Waals surface area contributed by atoms with E-state index in [9.17, 15) is 0 Å². The first-order valence-corrected chi connectivity index (χ1v) is 6.82. The Morgan fingerprint density at radius 1 is 1.32 bits per heavy atom. The molecule has 1 aromatic rings. The number of rotatable bonds is 4. The van der Waals surface area contributed by atoms with E-state index in [1.807, 2.05) is 36.2 Å². The highest BCUT2D eigenvalue weighted by molar-refractivity contribution is 6.30. The van der Waals surface area contributed by atoms with Gasteiger partial charge < -0.3 is 4.90 Å². The van der Waals surface area contributed by atoms with Gasteiger partial charge in [0.25, 0.3) is 0 Å². The highest BCUT2D eigenvalue weighted by Gasteiger charge is 2.15. The Bertz CT molecular complexity index is 414. The van der Waals surface area contributed by atoms with Gasteiger partial charge in [-0.25, -0.2) is 5.84 Å². The number of halogens is 1. The molecule has 0 bridgehead atoms. The van der Waals surface area contributed by atoms with Crippen LogP contribution in [-0.2, 0) is 0 Å². The molecule has 0 amide bonds. The molecule has 1 aromatic carbocycles. The molecule has 1 rings (SSSR count). The van der Waals surface area contributed by atoms with Crippen LogP contribution < -0.4 is 11.3 Å². The minimum Gasteiger partial charge on any atom is -0.338 e. The standard InChI is InChI=1S/C14H23ClN4/c1-10(2)9-17-14(18-16)19(4)11(3)12-5-7-13(15)8-6-12/h5-8,10-11H,9,16H2,1-4H3,(H,17,18). The molecule has 106 valence electrons. The second-order valence-corrected chi connectivity index (χ2v) is 5.48. The van der Waals surface area contributed by atoms with Gasteiger partial charge in [0.2, 0.25) is 5.96 Å². The number of nitrogens with two attached hydrogens (primary N) is 1. The quantitative estimate of drug-likeness (QED) is 0.386. The van der Waals surface area contributed by atoms with Crippen molar-refractivity contribution in [1.82, 2.24) is 10.3 Å². The minimum absolute atomic E-state index is 0.166. The van der Waals surface area contributed by atoms with Crippen molar-refractivity contribution in [3.8, 4) is 0 Å². The summed E-state index contributed by atoms with van der Waals surface area (Å²) in [6, 6.07) is 7.98. The number of guanidine groups is 1. The molecule has 0 saturated heterocycles. The molecule has 0 aliphatic heterocycles. The Hall–Kier alpha value is -1.26. The summed E-state index contributed by atoms with van der Waals surface area (Å²) in [5.41, 5.74) is 3.84. The van der Waals surface area contributed by atoms with Crippen LogP contribution in [0, 0.1) is 5.92 Å². The van der Waals surface area contributed by atoms with Crippen molar-refractivity contribution in [3.63, 3.8) is 0 Å². The summed E-state index contributed by atoms with van der Waals surface area (Å²) in [5.74, 6) is 6.75. The van der Waals surface area contributed by atoms with E-state index in [0.717, 1.165) is 11.6 Å². The maximum atomic E-state index is 5.90. The zero-order valence-electron chi connectivity index (χ0n) is 12.0. The first-order valence-electron chi connectivity index (χ1n) is 6.45. The topological polar surface area (TPSA) is 53.6 Å². The fraction of sp³-hybridized carbons (Fsp3) is 0.500. The second-order valence-electron chi connectivity index (χ2n) is 5.04. The van der Waals surface area contributed by atoms with Gasteiger partial charge in [0.05, 0.1) is 6.04 Å². The Morgan fingerprint density at radius 2 is 1.89 bits per heavy atom. The summed E-state index contributed by atoms with van der Waals surface area (Å²) in [6.45, 7) is 7.10. The molecule has 5 heteroatoms. The van der Waals surface area contributed by atoms with Gasteiger partial charge in [0.15, 0.2) is 0 Å². The number of aliphatic imine (C=N–C) groups is 1. The number of hydrogen-bond donors (Lipinski definition) is 2. The van der Waals surface area contributed by atoms with Crippen LogP contribution in [0.1, 0.15) is 32.4 Å². The van der Waals surface area contributed by atoms with E-state index < -0.39 is 0 Å². The molecule has 19 heavy (non-hydrogen) atoms. The molecule has 0 radical (unpaired) electrons. The third-order valence-electron chi connectivity index (χ3n) is 3.00. The van der Waals surface area contributed by atoms with Crippen molar-refractivity contribution < 1.29 is 0 Å². The lowest BCUT2D eigenvalue weighted by atomic mass is 10.1. The van der Waals surface area contributed by atoms with E-state index in [2.05, 4.69) is 31.2 Å². The first-order chi connectivity index (χ1) is 8.95. The molecule has 1 atom stereocenters. The second kappa shape index (κ2) is 7.36. The Morgan fingerprint density at radius 3 is 2.37 bits per heavy atom. The lowest BCUT2D eigenvalue weighted by Gasteiger charge is -2.28. The Balaban J connectivity index is 2.81. The van der Waals surface area contributed by atoms with Crippen LogP contribution in [0.3, 0.4) is 0 Å². The first kappa shape index (κ1) is 15.8. The smallest absolute Gasteiger partial charge is 0.208 e. The Labute approximate surface area is 120 Å². The van der Waals surface area contributed by atoms with Crippen LogP contribution >= 0.6 is 11.6 Å². The number of benzene rings is 1. The van der Waals surface area contributed by atoms with Gasteiger partial charge in [0, 0.05) is 18.6 Å². The molecule has 0 aliphatic rings. The number of hydrogen-bond acceptors (Lipinski definition) is 2.